The van der Waals surface area contributed by atoms with Gasteiger partial charge in [-0.15, -0.1) is 0 Å². The number of fused-ring (bicyclic) bond motifs is 1. The van der Waals surface area contributed by atoms with Crippen LogP contribution < -0.4 is 0 Å². The van der Waals surface area contributed by atoms with Gasteiger partial charge in [-0.25, -0.2) is 9.78 Å². The van der Waals surface area contributed by atoms with E-state index in [-0.39, 0.29) is 17.9 Å². The van der Waals surface area contributed by atoms with Crippen LogP contribution in [0.15, 0.2) is 12.3 Å². The van der Waals surface area contributed by atoms with Crippen molar-refractivity contribution in [2.75, 3.05) is 6.61 Å². The van der Waals surface area contributed by atoms with Crippen LogP contribution in [-0.2, 0) is 4.74 Å². The summed E-state index contributed by atoms with van der Waals surface area (Å²) in [5, 5.41) is 3.27. The molecule has 0 aliphatic rings. The molecule has 16 heavy (non-hydrogen) atoms. The summed E-state index contributed by atoms with van der Waals surface area (Å²) in [4.78, 5) is 15.3. The number of carbonyl (C=O) groups is 1. The van der Waals surface area contributed by atoms with Gasteiger partial charge in [0.05, 0.1) is 12.8 Å². The molecule has 0 aliphatic carbocycles. The zero-order valence-corrected chi connectivity index (χ0v) is 9.03. The van der Waals surface area contributed by atoms with Crippen LogP contribution in [0.2, 0.25) is 5.02 Å². The third kappa shape index (κ3) is 1.61. The molecule has 84 valence electrons. The Morgan fingerprint density at radius 2 is 2.44 bits per heavy atom. The number of hydrogen-bond donors (Lipinski definition) is 0. The quantitative estimate of drug-likeness (QED) is 0.595. The highest BCUT2D eigenvalue weighted by atomic mass is 35.5. The van der Waals surface area contributed by atoms with Crippen LogP contribution >= 0.6 is 11.6 Å². The van der Waals surface area contributed by atoms with Crippen LogP contribution in [0.5, 0.6) is 0 Å². The first-order valence-corrected chi connectivity index (χ1v) is 4.88. The lowest BCUT2D eigenvalue weighted by Crippen LogP contribution is -2.11. The molecule has 0 amide bonds. The van der Waals surface area contributed by atoms with Crippen molar-refractivity contribution >= 4 is 23.2 Å². The number of hydrogen-bond acceptors (Lipinski definition) is 4. The maximum absolute atomic E-state index is 13.6. The summed E-state index contributed by atoms with van der Waals surface area (Å²) in [6, 6.07) is 1.46. The molecule has 5 nitrogen and oxygen atoms in total. The molecule has 2 heterocycles. The number of halogens is 2. The number of esters is 1. The Morgan fingerprint density at radius 3 is 3.12 bits per heavy atom. The number of aromatic nitrogens is 3. The van der Waals surface area contributed by atoms with Gasteiger partial charge in [0.2, 0.25) is 5.95 Å². The first kappa shape index (κ1) is 10.8. The summed E-state index contributed by atoms with van der Waals surface area (Å²) in [6.45, 7) is 1.81. The van der Waals surface area contributed by atoms with E-state index in [1.165, 1.54) is 12.3 Å². The molecule has 0 N–H and O–H groups in total. The zero-order valence-electron chi connectivity index (χ0n) is 8.28. The van der Waals surface area contributed by atoms with Gasteiger partial charge >= 0.3 is 5.97 Å². The van der Waals surface area contributed by atoms with Gasteiger partial charge in [-0.05, 0) is 6.92 Å². The number of rotatable bonds is 2. The Bertz CT molecular complexity index is 555. The summed E-state index contributed by atoms with van der Waals surface area (Å²) in [7, 11) is 0. The van der Waals surface area contributed by atoms with Gasteiger partial charge in [-0.2, -0.15) is 14.0 Å². The Morgan fingerprint density at radius 1 is 1.69 bits per heavy atom. The Hall–Kier alpha value is -1.69. The van der Waals surface area contributed by atoms with Crippen molar-refractivity contribution in [1.29, 1.82) is 0 Å². The number of ether oxygens (including phenoxy) is 1. The molecule has 0 spiro atoms. The fourth-order valence-electron chi connectivity index (χ4n) is 1.22. The van der Waals surface area contributed by atoms with E-state index in [0.717, 1.165) is 4.52 Å². The maximum atomic E-state index is 13.6. The molecule has 2 rings (SSSR count). The average molecular weight is 244 g/mol. The second-order valence-corrected chi connectivity index (χ2v) is 3.26. The molecule has 0 atom stereocenters. The van der Waals surface area contributed by atoms with Crippen molar-refractivity contribution in [2.45, 2.75) is 6.92 Å². The molecular weight excluding hydrogens is 237 g/mol. The molecule has 2 aromatic heterocycles. The third-order valence-electron chi connectivity index (χ3n) is 1.89. The molecule has 0 aliphatic heterocycles. The highest BCUT2D eigenvalue weighted by molar-refractivity contribution is 6.33. The molecular formula is C9H7ClFN3O2. The molecule has 0 radical (unpaired) electrons. The first-order valence-electron chi connectivity index (χ1n) is 4.51. The Balaban J connectivity index is 2.61. The second kappa shape index (κ2) is 4.05. The zero-order chi connectivity index (χ0) is 11.7. The lowest BCUT2D eigenvalue weighted by atomic mass is 10.4. The van der Waals surface area contributed by atoms with E-state index < -0.39 is 16.9 Å². The predicted octanol–water partition coefficient (Wildman–Crippen LogP) is 1.70. The van der Waals surface area contributed by atoms with Gasteiger partial charge in [0.25, 0.3) is 0 Å². The van der Waals surface area contributed by atoms with E-state index in [0.29, 0.717) is 0 Å². The Kier molecular flexibility index (Phi) is 2.74. The van der Waals surface area contributed by atoms with Gasteiger partial charge < -0.3 is 4.74 Å². The molecule has 0 bridgehead atoms. The summed E-state index contributed by atoms with van der Waals surface area (Å²) < 4.78 is 19.2. The lowest BCUT2D eigenvalue weighted by Gasteiger charge is -2.05. The van der Waals surface area contributed by atoms with E-state index in [9.17, 15) is 9.18 Å². The van der Waals surface area contributed by atoms with Crippen LogP contribution in [0.4, 0.5) is 4.39 Å². The van der Waals surface area contributed by atoms with E-state index in [4.69, 9.17) is 16.3 Å². The van der Waals surface area contributed by atoms with E-state index in [1.807, 2.05) is 0 Å². The van der Waals surface area contributed by atoms with Crippen LogP contribution in [0.1, 0.15) is 17.4 Å². The van der Waals surface area contributed by atoms with E-state index in [1.54, 1.807) is 6.92 Å². The molecule has 2 aromatic rings. The molecule has 0 saturated carbocycles. The van der Waals surface area contributed by atoms with Crippen molar-refractivity contribution < 1.29 is 13.9 Å². The predicted molar refractivity (Wildman–Crippen MR) is 53.9 cm³/mol. The van der Waals surface area contributed by atoms with Gasteiger partial charge in [0.15, 0.2) is 11.3 Å². The minimum absolute atomic E-state index is 0.170. The summed E-state index contributed by atoms with van der Waals surface area (Å²) >= 11 is 5.66. The molecule has 7 heteroatoms. The second-order valence-electron chi connectivity index (χ2n) is 2.89. The van der Waals surface area contributed by atoms with E-state index in [2.05, 4.69) is 10.1 Å². The van der Waals surface area contributed by atoms with Crippen LogP contribution in [-0.4, -0.2) is 27.2 Å². The SMILES string of the molecule is CCOC(=O)c1nc2ccnn2c(F)c1Cl. The maximum Gasteiger partial charge on any atom is 0.358 e. The van der Waals surface area contributed by atoms with Gasteiger partial charge in [-0.1, -0.05) is 11.6 Å². The summed E-state index contributed by atoms with van der Waals surface area (Å²) in [6.07, 6.45) is 1.36. The van der Waals surface area contributed by atoms with Gasteiger partial charge in [-0.3, -0.25) is 0 Å². The van der Waals surface area contributed by atoms with Crippen molar-refractivity contribution in [3.63, 3.8) is 0 Å². The van der Waals surface area contributed by atoms with Crippen LogP contribution in [0.25, 0.3) is 5.65 Å². The highest BCUT2D eigenvalue weighted by Gasteiger charge is 2.20. The van der Waals surface area contributed by atoms with Crippen LogP contribution in [0, 0.1) is 5.95 Å². The van der Waals surface area contributed by atoms with Crippen molar-refractivity contribution in [3.8, 4) is 0 Å². The monoisotopic (exact) mass is 243 g/mol. The van der Waals surface area contributed by atoms with Crippen molar-refractivity contribution in [2.24, 2.45) is 0 Å². The smallest absolute Gasteiger partial charge is 0.358 e. The van der Waals surface area contributed by atoms with Crippen molar-refractivity contribution in [1.82, 2.24) is 14.6 Å². The minimum Gasteiger partial charge on any atom is -0.461 e. The standard InChI is InChI=1S/C9H7ClFN3O2/c1-2-16-9(15)7-6(10)8(11)14-5(13-7)3-4-12-14/h3-4H,2H2,1H3. The van der Waals surface area contributed by atoms with Gasteiger partial charge in [0.1, 0.15) is 5.02 Å². The Labute approximate surface area is 94.8 Å². The summed E-state index contributed by atoms with van der Waals surface area (Å²) in [5.74, 6) is -1.59. The normalized spacial score (nSPS) is 10.7. The van der Waals surface area contributed by atoms with E-state index >= 15 is 0 Å². The van der Waals surface area contributed by atoms with Crippen molar-refractivity contribution in [3.05, 3.63) is 28.9 Å². The topological polar surface area (TPSA) is 56.5 Å². The van der Waals surface area contributed by atoms with Crippen LogP contribution in [0.3, 0.4) is 0 Å². The number of carbonyl (C=O) groups excluding carboxylic acids is 1. The highest BCUT2D eigenvalue weighted by Crippen LogP contribution is 2.20. The fourth-order valence-corrected chi connectivity index (χ4v) is 1.42. The molecule has 0 unspecified atom stereocenters. The average Bonchev–Trinajstić information content (AvgIpc) is 2.71. The lowest BCUT2D eigenvalue weighted by molar-refractivity contribution is 0.0519. The largest absolute Gasteiger partial charge is 0.461 e. The first-order chi connectivity index (χ1) is 7.65. The molecule has 0 fully saturated rings. The molecule has 0 saturated heterocycles. The third-order valence-corrected chi connectivity index (χ3v) is 2.23. The minimum atomic E-state index is -0.834. The van der Waals surface area contributed by atoms with Gasteiger partial charge in [0, 0.05) is 6.07 Å². The molecule has 0 aromatic carbocycles. The number of nitrogens with zero attached hydrogens (tertiary/aromatic N) is 3. The fraction of sp³-hybridized carbons (Fsp3) is 0.222. The summed E-state index contributed by atoms with van der Waals surface area (Å²) in [5.41, 5.74) is -0.0426.